The summed E-state index contributed by atoms with van der Waals surface area (Å²) in [6, 6.07) is 8.07. The number of rotatable bonds is 7. The summed E-state index contributed by atoms with van der Waals surface area (Å²) >= 11 is 3.66. The molecule has 1 saturated carbocycles. The van der Waals surface area contributed by atoms with Crippen LogP contribution in [0.25, 0.3) is 0 Å². The molecule has 7 atom stereocenters. The van der Waals surface area contributed by atoms with E-state index in [1.807, 2.05) is 43.2 Å². The largest absolute Gasteiger partial charge is 0.508 e. The van der Waals surface area contributed by atoms with E-state index in [1.165, 1.54) is 19.2 Å². The zero-order chi connectivity index (χ0) is 30.9. The van der Waals surface area contributed by atoms with E-state index in [4.69, 9.17) is 9.47 Å². The molecule has 2 fully saturated rings. The van der Waals surface area contributed by atoms with Crippen LogP contribution in [-0.4, -0.2) is 96.3 Å². The van der Waals surface area contributed by atoms with Crippen LogP contribution in [0.15, 0.2) is 53.0 Å². The van der Waals surface area contributed by atoms with Crippen molar-refractivity contribution < 1.29 is 34.4 Å². The highest BCUT2D eigenvalue weighted by Crippen LogP contribution is 2.67. The predicted molar refractivity (Wildman–Crippen MR) is 163 cm³/mol. The van der Waals surface area contributed by atoms with Gasteiger partial charge in [0.15, 0.2) is 5.60 Å². The molecule has 230 valence electrons. The van der Waals surface area contributed by atoms with Crippen molar-refractivity contribution in [2.24, 2.45) is 5.41 Å². The molecule has 2 aromatic carbocycles. The van der Waals surface area contributed by atoms with E-state index in [0.717, 1.165) is 22.3 Å². The lowest BCUT2D eigenvalue weighted by molar-refractivity contribution is -0.204. The lowest BCUT2D eigenvalue weighted by atomic mass is 9.47. The minimum atomic E-state index is -2.32. The molecule has 0 unspecified atom stereocenters. The van der Waals surface area contributed by atoms with Crippen molar-refractivity contribution in [2.75, 3.05) is 39.3 Å². The molecule has 10 nitrogen and oxygen atoms in total. The second-order valence-electron chi connectivity index (χ2n) is 12.2. The minimum absolute atomic E-state index is 0.0656. The van der Waals surface area contributed by atoms with E-state index in [2.05, 4.69) is 26.1 Å². The van der Waals surface area contributed by atoms with Gasteiger partial charge in [0, 0.05) is 48.6 Å². The third kappa shape index (κ3) is 4.01. The molecular formula is C32H38BrN3O7. The first-order valence-electron chi connectivity index (χ1n) is 14.6. The number of nitrogens with one attached hydrogen (secondary N) is 1. The zero-order valence-corrected chi connectivity index (χ0v) is 26.3. The molecule has 3 aliphatic heterocycles. The number of amides is 1. The molecule has 1 amide bonds. The summed E-state index contributed by atoms with van der Waals surface area (Å²) in [5.74, 6) is -0.832. The monoisotopic (exact) mass is 655 g/mol. The fourth-order valence-corrected chi connectivity index (χ4v) is 9.22. The molecule has 4 aliphatic rings. The number of hydrogen-bond acceptors (Lipinski definition) is 9. The molecule has 3 heterocycles. The fourth-order valence-electron chi connectivity index (χ4n) is 8.72. The van der Waals surface area contributed by atoms with Gasteiger partial charge in [0.05, 0.1) is 24.7 Å². The first-order valence-corrected chi connectivity index (χ1v) is 15.4. The highest BCUT2D eigenvalue weighted by atomic mass is 79.9. The third-order valence-electron chi connectivity index (χ3n) is 10.5. The number of esters is 1. The molecule has 1 aliphatic carbocycles. The van der Waals surface area contributed by atoms with Crippen LogP contribution < -0.4 is 15.0 Å². The Bertz CT molecular complexity index is 1480. The normalized spacial score (nSPS) is 32.9. The first kappa shape index (κ1) is 29.9. The number of likely N-dealkylation sites (N-methyl/N-ethyl adjacent to an activating group) is 1. The Morgan fingerprint density at radius 1 is 1.19 bits per heavy atom. The third-order valence-corrected chi connectivity index (χ3v) is 11.1. The SMILES string of the molecule is CC[C@]12C=CCN3CC[C@@]4(c5cc(Br)c(OC)cc5N(C)[C@H]4[C@@](O)(C(=O)N[C@@H](Cc4ccc(O)cc4)C(=O)OC)[C@@H]1O)[C@@H]32. The molecule has 0 aromatic heterocycles. The number of carbonyl (C=O) groups is 2. The second-order valence-corrected chi connectivity index (χ2v) is 13.1. The van der Waals surface area contributed by atoms with Crippen LogP contribution in [0.3, 0.4) is 0 Å². The predicted octanol–water partition coefficient (Wildman–Crippen LogP) is 2.27. The van der Waals surface area contributed by atoms with Gasteiger partial charge in [-0.25, -0.2) is 4.79 Å². The Morgan fingerprint density at radius 2 is 1.91 bits per heavy atom. The molecule has 2 aromatic rings. The van der Waals surface area contributed by atoms with Crippen LogP contribution in [-0.2, 0) is 26.2 Å². The molecular weight excluding hydrogens is 618 g/mol. The van der Waals surface area contributed by atoms with Crippen LogP contribution in [0.1, 0.15) is 30.9 Å². The van der Waals surface area contributed by atoms with Crippen molar-refractivity contribution in [3.05, 3.63) is 64.1 Å². The maximum Gasteiger partial charge on any atom is 0.328 e. The summed E-state index contributed by atoms with van der Waals surface area (Å²) in [5.41, 5.74) is -1.50. The van der Waals surface area contributed by atoms with E-state index >= 15 is 0 Å². The van der Waals surface area contributed by atoms with Crippen molar-refractivity contribution in [3.8, 4) is 11.5 Å². The molecule has 4 N–H and O–H groups in total. The summed E-state index contributed by atoms with van der Waals surface area (Å²) in [7, 11) is 4.67. The lowest BCUT2D eigenvalue weighted by Gasteiger charge is -2.63. The quantitative estimate of drug-likeness (QED) is 0.262. The van der Waals surface area contributed by atoms with Gasteiger partial charge in [0.2, 0.25) is 0 Å². The average molecular weight is 657 g/mol. The van der Waals surface area contributed by atoms with Crippen molar-refractivity contribution >= 4 is 33.5 Å². The van der Waals surface area contributed by atoms with Crippen LogP contribution in [0.5, 0.6) is 11.5 Å². The number of halogens is 1. The maximum absolute atomic E-state index is 14.6. The molecule has 1 spiro atoms. The van der Waals surface area contributed by atoms with E-state index in [1.54, 1.807) is 19.2 Å². The molecule has 43 heavy (non-hydrogen) atoms. The van der Waals surface area contributed by atoms with Gasteiger partial charge in [-0.2, -0.15) is 0 Å². The van der Waals surface area contributed by atoms with Gasteiger partial charge in [-0.05, 0) is 64.6 Å². The van der Waals surface area contributed by atoms with Gasteiger partial charge >= 0.3 is 5.97 Å². The molecule has 0 bridgehead atoms. The number of fused-ring (bicyclic) bond motifs is 1. The Morgan fingerprint density at radius 3 is 2.56 bits per heavy atom. The smallest absolute Gasteiger partial charge is 0.328 e. The topological polar surface area (TPSA) is 132 Å². The molecule has 0 radical (unpaired) electrons. The van der Waals surface area contributed by atoms with Crippen molar-refractivity contribution in [2.45, 2.75) is 61.4 Å². The number of phenolic OH excluding ortho intramolecular Hbond substituents is 1. The van der Waals surface area contributed by atoms with Crippen molar-refractivity contribution in [1.82, 2.24) is 10.2 Å². The van der Waals surface area contributed by atoms with Gasteiger partial charge in [-0.1, -0.05) is 31.2 Å². The van der Waals surface area contributed by atoms with Crippen molar-refractivity contribution in [1.29, 1.82) is 0 Å². The van der Waals surface area contributed by atoms with Crippen molar-refractivity contribution in [3.63, 3.8) is 0 Å². The van der Waals surface area contributed by atoms with Crippen LogP contribution >= 0.6 is 15.9 Å². The van der Waals surface area contributed by atoms with Gasteiger partial charge in [-0.3, -0.25) is 9.69 Å². The number of ether oxygens (including phenoxy) is 2. The van der Waals surface area contributed by atoms with E-state index in [0.29, 0.717) is 30.7 Å². The number of hydrogen-bond donors (Lipinski definition) is 4. The summed E-state index contributed by atoms with van der Waals surface area (Å²) in [6.07, 6.45) is 3.74. The van der Waals surface area contributed by atoms with Gasteiger partial charge < -0.3 is 35.0 Å². The number of methoxy groups -OCH3 is 2. The molecule has 1 saturated heterocycles. The van der Waals surface area contributed by atoms with Crippen LogP contribution in [0.4, 0.5) is 5.69 Å². The van der Waals surface area contributed by atoms with Gasteiger partial charge in [0.1, 0.15) is 23.6 Å². The number of benzene rings is 2. The second kappa shape index (κ2) is 10.5. The number of anilines is 1. The van der Waals surface area contributed by atoms with E-state index in [-0.39, 0.29) is 18.2 Å². The van der Waals surface area contributed by atoms with Crippen LogP contribution in [0, 0.1) is 5.41 Å². The zero-order valence-electron chi connectivity index (χ0n) is 24.7. The molecule has 11 heteroatoms. The number of aliphatic hydroxyl groups is 2. The highest BCUT2D eigenvalue weighted by molar-refractivity contribution is 9.10. The number of aliphatic hydroxyl groups excluding tert-OH is 1. The average Bonchev–Trinajstić information content (AvgIpc) is 3.51. The lowest BCUT2D eigenvalue weighted by Crippen LogP contribution is -2.82. The highest BCUT2D eigenvalue weighted by Gasteiger charge is 2.78. The Labute approximate surface area is 259 Å². The maximum atomic E-state index is 14.6. The fraction of sp³-hybridized carbons (Fsp3) is 0.500. The summed E-state index contributed by atoms with van der Waals surface area (Å²) in [5, 5.41) is 37.7. The summed E-state index contributed by atoms with van der Waals surface area (Å²) in [6.45, 7) is 3.43. The molecule has 6 rings (SSSR count). The number of carbonyl (C=O) groups excluding carboxylic acids is 2. The van der Waals surface area contributed by atoms with Gasteiger partial charge in [-0.15, -0.1) is 0 Å². The number of aromatic hydroxyl groups is 1. The van der Waals surface area contributed by atoms with E-state index in [9.17, 15) is 24.9 Å². The van der Waals surface area contributed by atoms with Gasteiger partial charge in [0.25, 0.3) is 5.91 Å². The first-order chi connectivity index (χ1) is 20.5. The Balaban J connectivity index is 1.50. The number of phenols is 1. The summed E-state index contributed by atoms with van der Waals surface area (Å²) < 4.78 is 11.4. The van der Waals surface area contributed by atoms with E-state index < -0.39 is 46.5 Å². The minimum Gasteiger partial charge on any atom is -0.508 e. The summed E-state index contributed by atoms with van der Waals surface area (Å²) in [4.78, 5) is 31.8. The Hall–Kier alpha value is -3.12. The Kier molecular flexibility index (Phi) is 7.31. The standard InChI is InChI=1S/C32H38BrN3O7/c1-5-30-11-6-13-36-14-12-31(26(30)36)20-16-21(33)24(42-3)17-23(20)35(2)27(31)32(41,28(30)39)29(40)34-22(25(38)43-4)15-18-7-9-19(37)10-8-18/h6-11,16-17,22,26-28,37,39,41H,5,12-15H2,1-4H3,(H,34,40)/t22-,26-,27+,28+,30+,31+,32-/m0/s1. The number of nitrogens with zero attached hydrogens (tertiary/aromatic N) is 2. The van der Waals surface area contributed by atoms with Crippen LogP contribution in [0.2, 0.25) is 0 Å².